The summed E-state index contributed by atoms with van der Waals surface area (Å²) in [5, 5.41) is 14.5. The number of ether oxygens (including phenoxy) is 1. The van der Waals surface area contributed by atoms with E-state index in [-0.39, 0.29) is 12.8 Å². The van der Waals surface area contributed by atoms with E-state index in [1.54, 1.807) is 13.8 Å². The van der Waals surface area contributed by atoms with Crippen LogP contribution in [0.4, 0.5) is 0 Å². The molecule has 0 aliphatic carbocycles. The number of fused-ring (bicyclic) bond motifs is 1. The maximum absolute atomic E-state index is 12.2. The molecule has 3 aromatic rings. The molecule has 0 unspecified atom stereocenters. The molecule has 0 radical (unpaired) electrons. The van der Waals surface area contributed by atoms with Crippen LogP contribution in [-0.2, 0) is 14.3 Å². The molecule has 0 fully saturated rings. The monoisotopic (exact) mass is 357 g/mol. The molecular formula is C17H15N3O6. The molecule has 3 rings (SSSR count). The average Bonchev–Trinajstić information content (AvgIpc) is 2.93. The van der Waals surface area contributed by atoms with Crippen LogP contribution in [-0.4, -0.2) is 38.4 Å². The van der Waals surface area contributed by atoms with Gasteiger partial charge in [0.05, 0.1) is 12.3 Å². The Labute approximate surface area is 146 Å². The minimum absolute atomic E-state index is 0.100. The number of hydrogen-bond acceptors (Lipinski definition) is 7. The predicted octanol–water partition coefficient (Wildman–Crippen LogP) is 1.30. The van der Waals surface area contributed by atoms with E-state index in [0.29, 0.717) is 16.9 Å². The molecule has 9 nitrogen and oxygen atoms in total. The lowest BCUT2D eigenvalue weighted by Gasteiger charge is -2.06. The summed E-state index contributed by atoms with van der Waals surface area (Å²) in [6.45, 7) is 3.48. The van der Waals surface area contributed by atoms with E-state index < -0.39 is 23.0 Å². The Balaban J connectivity index is 0.000000758. The molecule has 0 spiro atoms. The number of H-pyrrole nitrogens is 1. The van der Waals surface area contributed by atoms with Gasteiger partial charge < -0.3 is 14.8 Å². The molecule has 2 heterocycles. The maximum atomic E-state index is 12.2. The van der Waals surface area contributed by atoms with Gasteiger partial charge in [-0.2, -0.15) is 19.2 Å². The molecule has 0 aliphatic rings. The number of carbonyl (C=O) groups excluding carboxylic acids is 3. The van der Waals surface area contributed by atoms with E-state index >= 15 is 0 Å². The lowest BCUT2D eigenvalue weighted by molar-refractivity contribution is -0.191. The first kappa shape index (κ1) is 18.6. The van der Waals surface area contributed by atoms with Gasteiger partial charge in [0.2, 0.25) is 5.88 Å². The third kappa shape index (κ3) is 3.38. The highest BCUT2D eigenvalue weighted by Crippen LogP contribution is 2.28. The molecule has 0 amide bonds. The number of nitrogens with zero attached hydrogens (tertiary/aromatic N) is 2. The minimum Gasteiger partial charge on any atom is -0.492 e. The van der Waals surface area contributed by atoms with Crippen LogP contribution < -0.4 is 5.56 Å². The minimum atomic E-state index is -0.887. The van der Waals surface area contributed by atoms with Gasteiger partial charge in [0.15, 0.2) is 5.56 Å². The summed E-state index contributed by atoms with van der Waals surface area (Å²) in [4.78, 5) is 42.9. The SMILES string of the molecule is CCOC(=O)c1c(O)n2nc(C)c(-c3ccccc3)c2[nH]c1=O.O=C=O. The number of hydrogen-bond donors (Lipinski definition) is 2. The molecule has 0 saturated carbocycles. The van der Waals surface area contributed by atoms with Crippen LogP contribution >= 0.6 is 0 Å². The maximum Gasteiger partial charge on any atom is 0.373 e. The van der Waals surface area contributed by atoms with Crippen molar-refractivity contribution in [1.29, 1.82) is 0 Å². The summed E-state index contributed by atoms with van der Waals surface area (Å²) in [7, 11) is 0. The molecule has 134 valence electrons. The van der Waals surface area contributed by atoms with Gasteiger partial charge >= 0.3 is 12.1 Å². The molecular weight excluding hydrogens is 342 g/mol. The first-order valence-corrected chi connectivity index (χ1v) is 7.52. The number of rotatable bonds is 3. The lowest BCUT2D eigenvalue weighted by Crippen LogP contribution is -2.22. The van der Waals surface area contributed by atoms with Crippen molar-refractivity contribution in [2.75, 3.05) is 6.61 Å². The topological polar surface area (TPSA) is 131 Å². The lowest BCUT2D eigenvalue weighted by atomic mass is 10.1. The molecule has 0 aliphatic heterocycles. The highest BCUT2D eigenvalue weighted by atomic mass is 16.5. The van der Waals surface area contributed by atoms with Crippen molar-refractivity contribution < 1.29 is 24.2 Å². The van der Waals surface area contributed by atoms with Crippen molar-refractivity contribution in [3.8, 4) is 17.0 Å². The molecule has 26 heavy (non-hydrogen) atoms. The van der Waals surface area contributed by atoms with E-state index in [1.807, 2.05) is 30.3 Å². The fraction of sp³-hybridized carbons (Fsp3) is 0.176. The Hall–Kier alpha value is -3.71. The van der Waals surface area contributed by atoms with E-state index in [1.165, 1.54) is 0 Å². The molecule has 0 bridgehead atoms. The van der Waals surface area contributed by atoms with E-state index in [4.69, 9.17) is 14.3 Å². The van der Waals surface area contributed by atoms with Crippen LogP contribution in [0.25, 0.3) is 16.8 Å². The fourth-order valence-corrected chi connectivity index (χ4v) is 2.51. The van der Waals surface area contributed by atoms with Crippen LogP contribution in [0.5, 0.6) is 5.88 Å². The summed E-state index contributed by atoms with van der Waals surface area (Å²) < 4.78 is 5.94. The second-order valence-electron chi connectivity index (χ2n) is 5.04. The molecule has 0 atom stereocenters. The molecule has 1 aromatic carbocycles. The van der Waals surface area contributed by atoms with Gasteiger partial charge in [-0.15, -0.1) is 0 Å². The second kappa shape index (κ2) is 7.91. The number of nitrogens with one attached hydrogen (secondary N) is 1. The molecule has 0 saturated heterocycles. The van der Waals surface area contributed by atoms with Crippen LogP contribution in [0, 0.1) is 6.92 Å². The van der Waals surface area contributed by atoms with Gasteiger partial charge in [0, 0.05) is 5.56 Å². The van der Waals surface area contributed by atoms with Gasteiger partial charge in [-0.05, 0) is 19.4 Å². The van der Waals surface area contributed by atoms with Gasteiger partial charge in [0.25, 0.3) is 5.56 Å². The van der Waals surface area contributed by atoms with Crippen molar-refractivity contribution in [2.45, 2.75) is 13.8 Å². The number of esters is 1. The highest BCUT2D eigenvalue weighted by molar-refractivity contribution is 5.92. The van der Waals surface area contributed by atoms with E-state index in [9.17, 15) is 14.7 Å². The smallest absolute Gasteiger partial charge is 0.373 e. The number of aryl methyl sites for hydroxylation is 1. The standard InChI is InChI=1S/C16H15N3O4.CO2/c1-3-23-16(22)12-14(20)17-13-11(10-7-5-4-6-8-10)9(2)18-19(13)15(12)21;2-1-3/h4-8,21H,3H2,1-2H3,(H,17,20);. The Kier molecular flexibility index (Phi) is 5.67. The van der Waals surface area contributed by atoms with Crippen LogP contribution in [0.15, 0.2) is 35.1 Å². The van der Waals surface area contributed by atoms with Crippen molar-refractivity contribution >= 4 is 17.8 Å². The summed E-state index contributed by atoms with van der Waals surface area (Å²) in [5.74, 6) is -1.42. The summed E-state index contributed by atoms with van der Waals surface area (Å²) in [6, 6.07) is 9.35. The van der Waals surface area contributed by atoms with E-state index in [2.05, 4.69) is 10.1 Å². The van der Waals surface area contributed by atoms with Gasteiger partial charge in [-0.1, -0.05) is 30.3 Å². The third-order valence-corrected chi connectivity index (χ3v) is 3.49. The predicted molar refractivity (Wildman–Crippen MR) is 88.6 cm³/mol. The van der Waals surface area contributed by atoms with Crippen LogP contribution in [0.1, 0.15) is 23.0 Å². The largest absolute Gasteiger partial charge is 0.492 e. The summed E-state index contributed by atoms with van der Waals surface area (Å²) in [5.41, 5.74) is 1.30. The first-order valence-electron chi connectivity index (χ1n) is 7.52. The number of aromatic amines is 1. The Morgan fingerprint density at radius 2 is 1.92 bits per heavy atom. The number of aromatic nitrogens is 3. The van der Waals surface area contributed by atoms with Crippen molar-refractivity contribution in [1.82, 2.24) is 14.6 Å². The number of aromatic hydroxyl groups is 1. The third-order valence-electron chi connectivity index (χ3n) is 3.49. The average molecular weight is 357 g/mol. The Morgan fingerprint density at radius 3 is 2.50 bits per heavy atom. The van der Waals surface area contributed by atoms with Crippen LogP contribution in [0.3, 0.4) is 0 Å². The normalized spacial score (nSPS) is 9.92. The Morgan fingerprint density at radius 1 is 1.31 bits per heavy atom. The molecule has 2 N–H and O–H groups in total. The summed E-state index contributed by atoms with van der Waals surface area (Å²) >= 11 is 0. The number of carbonyl (C=O) groups is 1. The second-order valence-corrected chi connectivity index (χ2v) is 5.04. The molecule has 2 aromatic heterocycles. The van der Waals surface area contributed by atoms with Crippen molar-refractivity contribution in [3.63, 3.8) is 0 Å². The van der Waals surface area contributed by atoms with Gasteiger partial charge in [-0.3, -0.25) is 4.79 Å². The zero-order chi connectivity index (χ0) is 19.3. The fourth-order valence-electron chi connectivity index (χ4n) is 2.51. The molecule has 9 heteroatoms. The zero-order valence-corrected chi connectivity index (χ0v) is 14.0. The Bertz CT molecular complexity index is 1030. The quantitative estimate of drug-likeness (QED) is 0.675. The summed E-state index contributed by atoms with van der Waals surface area (Å²) in [6.07, 6.45) is 0.250. The number of benzene rings is 1. The first-order chi connectivity index (χ1) is 12.5. The van der Waals surface area contributed by atoms with Crippen LogP contribution in [0.2, 0.25) is 0 Å². The zero-order valence-electron chi connectivity index (χ0n) is 14.0. The van der Waals surface area contributed by atoms with Crippen molar-refractivity contribution in [2.24, 2.45) is 0 Å². The van der Waals surface area contributed by atoms with Crippen molar-refractivity contribution in [3.05, 3.63) is 51.9 Å². The van der Waals surface area contributed by atoms with E-state index in [0.717, 1.165) is 10.1 Å². The van der Waals surface area contributed by atoms with Gasteiger partial charge in [-0.25, -0.2) is 4.79 Å². The van der Waals surface area contributed by atoms with Gasteiger partial charge in [0.1, 0.15) is 5.65 Å². The highest BCUT2D eigenvalue weighted by Gasteiger charge is 2.24.